The van der Waals surface area contributed by atoms with E-state index in [0.717, 1.165) is 55.5 Å². The first-order chi connectivity index (χ1) is 18.9. The largest absolute Gasteiger partial charge is 0.360 e. The summed E-state index contributed by atoms with van der Waals surface area (Å²) in [5, 5.41) is 3.10. The molecule has 0 radical (unpaired) electrons. The van der Waals surface area contributed by atoms with Crippen molar-refractivity contribution in [1.29, 1.82) is 0 Å². The van der Waals surface area contributed by atoms with Crippen LogP contribution in [0.2, 0.25) is 0 Å². The van der Waals surface area contributed by atoms with Gasteiger partial charge in [-0.1, -0.05) is 6.92 Å². The van der Waals surface area contributed by atoms with Crippen LogP contribution >= 0.6 is 0 Å². The van der Waals surface area contributed by atoms with Crippen LogP contribution < -0.4 is 10.9 Å². The number of sulfone groups is 1. The Balaban J connectivity index is 1.25. The topological polar surface area (TPSA) is 146 Å². The zero-order valence-corrected chi connectivity index (χ0v) is 22.4. The summed E-state index contributed by atoms with van der Waals surface area (Å²) in [5.74, 6) is 1.60. The molecule has 0 amide bonds. The van der Waals surface area contributed by atoms with Crippen LogP contribution in [0.4, 0.5) is 5.82 Å². The Morgan fingerprint density at radius 1 is 0.923 bits per heavy atom. The van der Waals surface area contributed by atoms with Crippen molar-refractivity contribution in [3.63, 3.8) is 0 Å². The Morgan fingerprint density at radius 3 is 2.23 bits per heavy atom. The van der Waals surface area contributed by atoms with E-state index in [2.05, 4.69) is 25.3 Å². The lowest BCUT2D eigenvalue weighted by Crippen LogP contribution is -2.26. The molecule has 3 saturated carbocycles. The fourth-order valence-corrected chi connectivity index (χ4v) is 5.75. The maximum absolute atomic E-state index is 13.6. The van der Waals surface area contributed by atoms with Gasteiger partial charge < -0.3 is 5.32 Å². The third kappa shape index (κ3) is 4.56. The molecule has 0 atom stereocenters. The molecule has 39 heavy (non-hydrogen) atoms. The van der Waals surface area contributed by atoms with Gasteiger partial charge in [0.05, 0.1) is 46.0 Å². The van der Waals surface area contributed by atoms with Crippen LogP contribution in [0.1, 0.15) is 80.4 Å². The lowest BCUT2D eigenvalue weighted by Gasteiger charge is -2.14. The van der Waals surface area contributed by atoms with Crippen LogP contribution in [0.15, 0.2) is 40.5 Å². The van der Waals surface area contributed by atoms with Crippen molar-refractivity contribution in [2.45, 2.75) is 74.8 Å². The Hall–Kier alpha value is -3.80. The summed E-state index contributed by atoms with van der Waals surface area (Å²) in [4.78, 5) is 41.5. The third-order valence-electron chi connectivity index (χ3n) is 7.58. The fourth-order valence-electron chi connectivity index (χ4n) is 4.92. The number of hydrogen-bond acceptors (Lipinski definition) is 10. The lowest BCUT2D eigenvalue weighted by atomic mass is 10.0. The summed E-state index contributed by atoms with van der Waals surface area (Å²) in [5.41, 5.74) is 4.38. The number of nitrogens with one attached hydrogen (secondary N) is 1. The summed E-state index contributed by atoms with van der Waals surface area (Å²) in [6.45, 7) is 1.82. The predicted molar refractivity (Wildman–Crippen MR) is 144 cm³/mol. The highest BCUT2D eigenvalue weighted by Crippen LogP contribution is 2.48. The summed E-state index contributed by atoms with van der Waals surface area (Å²) >= 11 is 0. The van der Waals surface area contributed by atoms with Gasteiger partial charge in [0.25, 0.3) is 5.56 Å². The van der Waals surface area contributed by atoms with Crippen LogP contribution in [0.25, 0.3) is 22.6 Å². The van der Waals surface area contributed by atoms with E-state index in [0.29, 0.717) is 34.5 Å². The first-order valence-corrected chi connectivity index (χ1v) is 15.1. The summed E-state index contributed by atoms with van der Waals surface area (Å²) in [7, 11) is -3.32. The van der Waals surface area contributed by atoms with Gasteiger partial charge >= 0.3 is 0 Å². The Labute approximate surface area is 225 Å². The number of rotatable bonds is 9. The average Bonchev–Trinajstić information content (AvgIpc) is 3.79. The van der Waals surface area contributed by atoms with Gasteiger partial charge in [-0.2, -0.15) is 0 Å². The highest BCUT2D eigenvalue weighted by atomic mass is 32.2. The van der Waals surface area contributed by atoms with Crippen molar-refractivity contribution in [3.8, 4) is 11.4 Å². The molecule has 3 aliphatic carbocycles. The minimum absolute atomic E-state index is 0.0128. The van der Waals surface area contributed by atoms with Gasteiger partial charge in [-0.3, -0.25) is 14.3 Å². The smallest absolute Gasteiger partial charge is 0.295 e. The maximum atomic E-state index is 13.6. The van der Waals surface area contributed by atoms with Crippen LogP contribution in [0.3, 0.4) is 0 Å². The van der Waals surface area contributed by atoms with E-state index in [1.54, 1.807) is 30.1 Å². The first kappa shape index (κ1) is 24.3. The predicted octanol–water partition coefficient (Wildman–Crippen LogP) is 3.53. The normalized spacial score (nSPS) is 17.5. The van der Waals surface area contributed by atoms with Crippen molar-refractivity contribution in [1.82, 2.24) is 34.5 Å². The SMILES string of the molecule is CCS(=O)(=O)c1ccc(CNc2nc3cnc(-c4c(C5CC5)ncnc4C4CC4)nc3n(C3CC3)c2=O)nc1. The van der Waals surface area contributed by atoms with Crippen LogP contribution in [0.5, 0.6) is 0 Å². The van der Waals surface area contributed by atoms with Gasteiger partial charge in [0, 0.05) is 24.1 Å². The second kappa shape index (κ2) is 9.15. The van der Waals surface area contributed by atoms with E-state index < -0.39 is 9.84 Å². The van der Waals surface area contributed by atoms with Crippen LogP contribution in [-0.2, 0) is 16.4 Å². The number of nitrogens with zero attached hydrogens (tertiary/aromatic N) is 7. The second-order valence-electron chi connectivity index (χ2n) is 10.6. The van der Waals surface area contributed by atoms with E-state index in [1.165, 1.54) is 12.3 Å². The molecule has 4 aromatic rings. The Bertz CT molecular complexity index is 1730. The van der Waals surface area contributed by atoms with E-state index >= 15 is 0 Å². The van der Waals surface area contributed by atoms with Gasteiger partial charge in [-0.25, -0.2) is 33.3 Å². The molecule has 4 heterocycles. The van der Waals surface area contributed by atoms with Crippen molar-refractivity contribution in [2.24, 2.45) is 0 Å². The molecule has 3 aliphatic rings. The van der Waals surface area contributed by atoms with Crippen LogP contribution in [0, 0.1) is 0 Å². The first-order valence-electron chi connectivity index (χ1n) is 13.5. The van der Waals surface area contributed by atoms with Gasteiger partial charge in [0.2, 0.25) is 0 Å². The molecule has 0 aliphatic heterocycles. The minimum Gasteiger partial charge on any atom is -0.360 e. The summed E-state index contributed by atoms with van der Waals surface area (Å²) < 4.78 is 25.9. The molecule has 3 fully saturated rings. The Kier molecular flexibility index (Phi) is 5.69. The second-order valence-corrected chi connectivity index (χ2v) is 12.9. The molecule has 200 valence electrons. The highest BCUT2D eigenvalue weighted by Gasteiger charge is 2.36. The van der Waals surface area contributed by atoms with Crippen molar-refractivity contribution in [3.05, 3.63) is 58.3 Å². The molecule has 0 bridgehead atoms. The molecule has 0 aromatic carbocycles. The molecule has 12 heteroatoms. The van der Waals surface area contributed by atoms with Gasteiger partial charge in [-0.05, 0) is 50.7 Å². The fraction of sp³-hybridized carbons (Fsp3) is 0.444. The van der Waals surface area contributed by atoms with Gasteiger partial charge in [0.15, 0.2) is 27.1 Å². The molecular weight excluding hydrogens is 516 g/mol. The average molecular weight is 545 g/mol. The monoisotopic (exact) mass is 544 g/mol. The molecule has 7 rings (SSSR count). The zero-order valence-electron chi connectivity index (χ0n) is 21.5. The number of pyridine rings is 1. The molecule has 11 nitrogen and oxygen atoms in total. The van der Waals surface area contributed by atoms with Crippen molar-refractivity contribution < 1.29 is 8.42 Å². The number of aromatic nitrogens is 7. The quantitative estimate of drug-likeness (QED) is 0.332. The number of fused-ring (bicyclic) bond motifs is 1. The number of hydrogen-bond donors (Lipinski definition) is 1. The maximum Gasteiger partial charge on any atom is 0.295 e. The van der Waals surface area contributed by atoms with E-state index in [9.17, 15) is 13.2 Å². The molecule has 4 aromatic heterocycles. The summed E-state index contributed by atoms with van der Waals surface area (Å²) in [6, 6.07) is 3.25. The van der Waals surface area contributed by atoms with E-state index in [1.807, 2.05) is 0 Å². The van der Waals surface area contributed by atoms with Crippen molar-refractivity contribution >= 4 is 26.8 Å². The Morgan fingerprint density at radius 2 is 1.64 bits per heavy atom. The lowest BCUT2D eigenvalue weighted by molar-refractivity contribution is 0.596. The summed E-state index contributed by atoms with van der Waals surface area (Å²) in [6.07, 6.45) is 10.9. The molecule has 0 saturated heterocycles. The standard InChI is InChI=1S/C27H28N8O3S/c1-2-39(37,38)19-10-7-17(28-12-19)11-29-25-27(36)35(18-8-9-18)26-20(33-25)13-30-24(34-26)21-22(15-3-4-15)31-14-32-23(21)16-5-6-16/h7,10,12-16,18H,2-6,8-9,11H2,1H3,(H,29,33). The molecule has 0 spiro atoms. The van der Waals surface area contributed by atoms with Gasteiger partial charge in [-0.15, -0.1) is 0 Å². The van der Waals surface area contributed by atoms with Gasteiger partial charge in [0.1, 0.15) is 11.8 Å². The zero-order chi connectivity index (χ0) is 26.7. The molecular formula is C27H28N8O3S. The molecule has 1 N–H and O–H groups in total. The van der Waals surface area contributed by atoms with Crippen molar-refractivity contribution in [2.75, 3.05) is 11.1 Å². The van der Waals surface area contributed by atoms with E-state index in [-0.39, 0.29) is 34.6 Å². The highest BCUT2D eigenvalue weighted by molar-refractivity contribution is 7.91. The van der Waals surface area contributed by atoms with Crippen LogP contribution in [-0.4, -0.2) is 48.6 Å². The van der Waals surface area contributed by atoms with E-state index in [4.69, 9.17) is 9.97 Å². The number of anilines is 1. The third-order valence-corrected chi connectivity index (χ3v) is 9.30. The molecule has 0 unspecified atom stereocenters. The minimum atomic E-state index is -3.32.